The summed E-state index contributed by atoms with van der Waals surface area (Å²) >= 11 is 0. The van der Waals surface area contributed by atoms with E-state index in [1.165, 1.54) is 0 Å². The molecule has 0 unspecified atom stereocenters. The van der Waals surface area contributed by atoms with E-state index in [4.69, 9.17) is 10.8 Å². The summed E-state index contributed by atoms with van der Waals surface area (Å²) in [6, 6.07) is 4.15. The number of anilines is 1. The van der Waals surface area contributed by atoms with Crippen molar-refractivity contribution in [2.24, 2.45) is 0 Å². The molecule has 0 bridgehead atoms. The number of aliphatic carboxylic acids is 1. The van der Waals surface area contributed by atoms with Crippen molar-refractivity contribution in [2.45, 2.75) is 32.7 Å². The van der Waals surface area contributed by atoms with E-state index in [-0.39, 0.29) is 0 Å². The van der Waals surface area contributed by atoms with Crippen molar-refractivity contribution >= 4 is 17.6 Å². The number of carboxylic acids is 1. The Morgan fingerprint density at radius 2 is 2.11 bits per heavy atom. The molecule has 0 aromatic heterocycles. The van der Waals surface area contributed by atoms with Crippen LogP contribution in [0.4, 0.5) is 5.69 Å². The molecular weight excluding hydrogens is 232 g/mol. The maximum absolute atomic E-state index is 12.0. The third-order valence-corrected chi connectivity index (χ3v) is 2.80. The minimum Gasteiger partial charge on any atom is -0.480 e. The Morgan fingerprint density at radius 3 is 2.67 bits per heavy atom. The molecule has 0 heterocycles. The summed E-state index contributed by atoms with van der Waals surface area (Å²) in [4.78, 5) is 22.9. The summed E-state index contributed by atoms with van der Waals surface area (Å²) in [5.74, 6) is -1.42. The molecule has 0 aliphatic rings. The van der Waals surface area contributed by atoms with Crippen LogP contribution >= 0.6 is 0 Å². The second kappa shape index (κ2) is 6.05. The number of carbonyl (C=O) groups is 2. The smallest absolute Gasteiger partial charge is 0.326 e. The zero-order valence-corrected chi connectivity index (χ0v) is 10.6. The van der Waals surface area contributed by atoms with Crippen LogP contribution in [-0.4, -0.2) is 23.0 Å². The average molecular weight is 250 g/mol. The van der Waals surface area contributed by atoms with E-state index in [1.54, 1.807) is 25.1 Å². The van der Waals surface area contributed by atoms with Gasteiger partial charge in [0.05, 0.1) is 0 Å². The number of hydrogen-bond donors (Lipinski definition) is 3. The Bertz CT molecular complexity index is 458. The molecule has 1 atom stereocenters. The lowest BCUT2D eigenvalue weighted by atomic mass is 10.1. The van der Waals surface area contributed by atoms with Crippen LogP contribution in [0.1, 0.15) is 35.7 Å². The third-order valence-electron chi connectivity index (χ3n) is 2.80. The van der Waals surface area contributed by atoms with Gasteiger partial charge < -0.3 is 16.2 Å². The molecule has 0 saturated carbocycles. The Hall–Kier alpha value is -2.04. The number of nitrogens with two attached hydrogens (primary N) is 1. The van der Waals surface area contributed by atoms with Gasteiger partial charge in [-0.05, 0) is 31.0 Å². The molecular formula is C13H18N2O3. The van der Waals surface area contributed by atoms with Gasteiger partial charge in [0.2, 0.25) is 0 Å². The zero-order chi connectivity index (χ0) is 13.7. The summed E-state index contributed by atoms with van der Waals surface area (Å²) in [7, 11) is 0. The standard InChI is InChI=1S/C13H18N2O3/c1-3-5-11(13(17)18)15-12(16)9-6-4-7-10(14)8(9)2/h4,6-7,11H,3,5,14H2,1-2H3,(H,15,16)(H,17,18)/t11-/m0/s1. The van der Waals surface area contributed by atoms with Crippen LogP contribution in [0.3, 0.4) is 0 Å². The van der Waals surface area contributed by atoms with Crippen LogP contribution in [0, 0.1) is 6.92 Å². The van der Waals surface area contributed by atoms with E-state index in [1.807, 2.05) is 6.92 Å². The molecule has 0 fully saturated rings. The van der Waals surface area contributed by atoms with Gasteiger partial charge in [0, 0.05) is 11.3 Å². The molecule has 98 valence electrons. The van der Waals surface area contributed by atoms with E-state index in [0.29, 0.717) is 29.7 Å². The van der Waals surface area contributed by atoms with Crippen LogP contribution in [0.25, 0.3) is 0 Å². The fraction of sp³-hybridized carbons (Fsp3) is 0.385. The highest BCUT2D eigenvalue weighted by Crippen LogP contribution is 2.15. The molecule has 0 radical (unpaired) electrons. The predicted octanol–water partition coefficient (Wildman–Crippen LogP) is 1.56. The van der Waals surface area contributed by atoms with E-state index < -0.39 is 17.9 Å². The maximum atomic E-state index is 12.0. The van der Waals surface area contributed by atoms with Crippen molar-refractivity contribution in [3.8, 4) is 0 Å². The lowest BCUT2D eigenvalue weighted by Crippen LogP contribution is -2.40. The minimum atomic E-state index is -1.02. The predicted molar refractivity (Wildman–Crippen MR) is 69.4 cm³/mol. The van der Waals surface area contributed by atoms with Gasteiger partial charge in [-0.1, -0.05) is 19.4 Å². The average Bonchev–Trinajstić information content (AvgIpc) is 2.31. The summed E-state index contributed by atoms with van der Waals surface area (Å²) in [6.07, 6.45) is 1.09. The number of benzene rings is 1. The monoisotopic (exact) mass is 250 g/mol. The molecule has 18 heavy (non-hydrogen) atoms. The van der Waals surface area contributed by atoms with Gasteiger partial charge in [0.15, 0.2) is 0 Å². The number of rotatable bonds is 5. The van der Waals surface area contributed by atoms with Crippen LogP contribution in [0.5, 0.6) is 0 Å². The van der Waals surface area contributed by atoms with E-state index >= 15 is 0 Å². The van der Waals surface area contributed by atoms with Crippen molar-refractivity contribution in [3.05, 3.63) is 29.3 Å². The first-order chi connectivity index (χ1) is 8.47. The van der Waals surface area contributed by atoms with Crippen molar-refractivity contribution in [1.29, 1.82) is 0 Å². The first-order valence-corrected chi connectivity index (χ1v) is 5.86. The van der Waals surface area contributed by atoms with E-state index in [2.05, 4.69) is 5.32 Å². The van der Waals surface area contributed by atoms with Gasteiger partial charge >= 0.3 is 5.97 Å². The molecule has 5 heteroatoms. The highest BCUT2D eigenvalue weighted by atomic mass is 16.4. The summed E-state index contributed by atoms with van der Waals surface area (Å²) in [5, 5.41) is 11.5. The van der Waals surface area contributed by atoms with Crippen molar-refractivity contribution in [3.63, 3.8) is 0 Å². The Labute approximate surface area is 106 Å². The highest BCUT2D eigenvalue weighted by Gasteiger charge is 2.20. The largest absolute Gasteiger partial charge is 0.480 e. The van der Waals surface area contributed by atoms with E-state index in [0.717, 1.165) is 0 Å². The Morgan fingerprint density at radius 1 is 1.44 bits per heavy atom. The van der Waals surface area contributed by atoms with Crippen LogP contribution < -0.4 is 11.1 Å². The fourth-order valence-corrected chi connectivity index (χ4v) is 1.68. The van der Waals surface area contributed by atoms with Gasteiger partial charge in [-0.25, -0.2) is 4.79 Å². The van der Waals surface area contributed by atoms with Crippen molar-refractivity contribution < 1.29 is 14.7 Å². The highest BCUT2D eigenvalue weighted by molar-refractivity contribution is 5.98. The first kappa shape index (κ1) is 14.0. The lowest BCUT2D eigenvalue weighted by molar-refractivity contribution is -0.139. The lowest BCUT2D eigenvalue weighted by Gasteiger charge is -2.15. The maximum Gasteiger partial charge on any atom is 0.326 e. The SMILES string of the molecule is CCC[C@H](NC(=O)c1cccc(N)c1C)C(=O)O. The number of hydrogen-bond acceptors (Lipinski definition) is 3. The summed E-state index contributed by atoms with van der Waals surface area (Å²) in [6.45, 7) is 3.60. The van der Waals surface area contributed by atoms with Gasteiger partial charge in [0.1, 0.15) is 6.04 Å². The number of nitrogens with one attached hydrogen (secondary N) is 1. The summed E-state index contributed by atoms with van der Waals surface area (Å²) < 4.78 is 0. The normalized spacial score (nSPS) is 11.9. The molecule has 1 rings (SSSR count). The molecule has 0 aliphatic carbocycles. The topological polar surface area (TPSA) is 92.4 Å². The molecule has 1 aromatic rings. The molecule has 1 amide bonds. The number of amides is 1. The van der Waals surface area contributed by atoms with Gasteiger partial charge in [0.25, 0.3) is 5.91 Å². The summed E-state index contributed by atoms with van der Waals surface area (Å²) in [5.41, 5.74) is 7.31. The Balaban J connectivity index is 2.87. The number of carboxylic acid groups (broad SMARTS) is 1. The number of nitrogen functional groups attached to an aromatic ring is 1. The van der Waals surface area contributed by atoms with Crippen LogP contribution in [0.2, 0.25) is 0 Å². The molecule has 0 saturated heterocycles. The molecule has 4 N–H and O–H groups in total. The van der Waals surface area contributed by atoms with Gasteiger partial charge in [-0.15, -0.1) is 0 Å². The second-order valence-corrected chi connectivity index (χ2v) is 4.17. The fourth-order valence-electron chi connectivity index (χ4n) is 1.68. The molecule has 0 spiro atoms. The first-order valence-electron chi connectivity index (χ1n) is 5.86. The zero-order valence-electron chi connectivity index (χ0n) is 10.6. The minimum absolute atomic E-state index is 0.402. The second-order valence-electron chi connectivity index (χ2n) is 4.17. The van der Waals surface area contributed by atoms with Crippen molar-refractivity contribution in [2.75, 3.05) is 5.73 Å². The molecule has 1 aromatic carbocycles. The van der Waals surface area contributed by atoms with Crippen LogP contribution in [-0.2, 0) is 4.79 Å². The van der Waals surface area contributed by atoms with E-state index in [9.17, 15) is 9.59 Å². The Kier molecular flexibility index (Phi) is 4.71. The molecule has 0 aliphatic heterocycles. The third kappa shape index (κ3) is 3.23. The molecule has 5 nitrogen and oxygen atoms in total. The van der Waals surface area contributed by atoms with Gasteiger partial charge in [-0.3, -0.25) is 4.79 Å². The quantitative estimate of drug-likeness (QED) is 0.691. The van der Waals surface area contributed by atoms with Crippen molar-refractivity contribution in [1.82, 2.24) is 5.32 Å². The van der Waals surface area contributed by atoms with Gasteiger partial charge in [-0.2, -0.15) is 0 Å². The van der Waals surface area contributed by atoms with Crippen LogP contribution in [0.15, 0.2) is 18.2 Å². The number of carbonyl (C=O) groups excluding carboxylic acids is 1.